The molecule has 12 heterocycles. The molecular formula is C72H75BrCl2N18O6. The molecule has 99 heavy (non-hydrogen) atoms. The van der Waals surface area contributed by atoms with Crippen molar-refractivity contribution in [3.05, 3.63) is 177 Å². The van der Waals surface area contributed by atoms with E-state index in [9.17, 15) is 30.6 Å². The first-order chi connectivity index (χ1) is 47.6. The number of hydrogen-bond donors (Lipinski definition) is 12. The van der Waals surface area contributed by atoms with Crippen LogP contribution in [0.25, 0.3) is 65.8 Å². The van der Waals surface area contributed by atoms with Crippen LogP contribution < -0.4 is 33.2 Å². The summed E-state index contributed by atoms with van der Waals surface area (Å²) in [7, 11) is 0. The fourth-order valence-corrected chi connectivity index (χ4v) is 17.9. The summed E-state index contributed by atoms with van der Waals surface area (Å²) in [5.74, 6) is 1.09. The number of nitrogens with zero attached hydrogens (tertiary/aromatic N) is 12. The quantitative estimate of drug-likeness (QED) is 0.0739. The number of benzene rings is 3. The monoisotopic (exact) mass is 1440 g/mol. The molecule has 3 aromatic carbocycles. The highest BCUT2D eigenvalue weighted by molar-refractivity contribution is 9.10. The number of aromatic nitrogens is 12. The molecule has 0 amide bonds. The summed E-state index contributed by atoms with van der Waals surface area (Å²) in [5, 5.41) is 84.1. The fourth-order valence-electron chi connectivity index (χ4n) is 17.2. The van der Waals surface area contributed by atoms with Gasteiger partial charge in [-0.3, -0.25) is 0 Å². The van der Waals surface area contributed by atoms with E-state index < -0.39 is 52.9 Å². The highest BCUT2D eigenvalue weighted by Crippen LogP contribution is 2.56. The van der Waals surface area contributed by atoms with Crippen LogP contribution in [0.4, 0.5) is 17.5 Å². The van der Waals surface area contributed by atoms with Gasteiger partial charge in [0.2, 0.25) is 0 Å². The van der Waals surface area contributed by atoms with Gasteiger partial charge >= 0.3 is 0 Å². The molecule has 0 bridgehead atoms. The number of halogens is 3. The zero-order chi connectivity index (χ0) is 68.7. The Hall–Kier alpha value is -8.15. The van der Waals surface area contributed by atoms with Crippen LogP contribution in [0, 0.1) is 37.0 Å². The summed E-state index contributed by atoms with van der Waals surface area (Å²) < 4.78 is 6.77. The topological polar surface area (TPSA) is 366 Å². The predicted octanol–water partition coefficient (Wildman–Crippen LogP) is 8.84. The minimum absolute atomic E-state index is 0.0414. The number of nitrogen functional groups attached to an aromatic ring is 3. The van der Waals surface area contributed by atoms with Gasteiger partial charge in [0.15, 0.2) is 0 Å². The number of aliphatic hydroxyl groups is 6. The molecule has 3 saturated heterocycles. The number of anilines is 3. The molecule has 9 aromatic heterocycles. The molecule has 24 nitrogen and oxygen atoms in total. The van der Waals surface area contributed by atoms with E-state index >= 15 is 0 Å². The van der Waals surface area contributed by atoms with E-state index in [2.05, 4.69) is 101 Å². The van der Waals surface area contributed by atoms with Gasteiger partial charge in [0.05, 0.1) is 84.6 Å². The van der Waals surface area contributed by atoms with Gasteiger partial charge in [-0.2, -0.15) is 0 Å². The number of nitrogens with two attached hydrogens (primary N) is 3. The van der Waals surface area contributed by atoms with Crippen molar-refractivity contribution >= 4 is 122 Å². The molecule has 0 unspecified atom stereocenters. The molecule has 510 valence electrons. The number of aliphatic hydroxyl groups excluding tert-OH is 6. The van der Waals surface area contributed by atoms with E-state index in [0.29, 0.717) is 79.2 Å². The molecule has 3 aliphatic carbocycles. The fraction of sp³-hybridized carbons (Fsp3) is 0.375. The van der Waals surface area contributed by atoms with Crippen LogP contribution >= 0.6 is 39.1 Å². The van der Waals surface area contributed by atoms with Crippen LogP contribution in [0.1, 0.15) is 109 Å². The lowest BCUT2D eigenvalue weighted by molar-refractivity contribution is -0.0218. The highest BCUT2D eigenvalue weighted by Gasteiger charge is 2.59. The van der Waals surface area contributed by atoms with Crippen LogP contribution in [-0.4, -0.2) is 145 Å². The Balaban J connectivity index is 0.000000116. The number of nitrogens with one attached hydrogen (secondary N) is 3. The van der Waals surface area contributed by atoms with Crippen LogP contribution in [0.5, 0.6) is 0 Å². The van der Waals surface area contributed by atoms with Gasteiger partial charge in [0, 0.05) is 105 Å². The van der Waals surface area contributed by atoms with Crippen LogP contribution in [-0.2, 0) is 0 Å². The average Bonchev–Trinajstić information content (AvgIpc) is 1.69. The number of hydrogen-bond acceptors (Lipinski definition) is 21. The Morgan fingerprint density at radius 1 is 0.424 bits per heavy atom. The summed E-state index contributed by atoms with van der Waals surface area (Å²) in [6.45, 7) is 7.71. The highest BCUT2D eigenvalue weighted by atomic mass is 79.9. The molecule has 18 rings (SSSR count). The number of rotatable bonds is 6. The molecular weight excluding hydrogens is 1360 g/mol. The molecule has 0 radical (unpaired) electrons. The molecule has 6 fully saturated rings. The van der Waals surface area contributed by atoms with Crippen molar-refractivity contribution < 1.29 is 30.6 Å². The molecule has 27 heteroatoms. The minimum atomic E-state index is -0.878. The van der Waals surface area contributed by atoms with Gasteiger partial charge < -0.3 is 77.5 Å². The zero-order valence-electron chi connectivity index (χ0n) is 54.3. The van der Waals surface area contributed by atoms with Crippen molar-refractivity contribution in [3.8, 4) is 0 Å². The Morgan fingerprint density at radius 3 is 1.07 bits per heavy atom. The van der Waals surface area contributed by atoms with Gasteiger partial charge in [-0.05, 0) is 147 Å². The maximum atomic E-state index is 11.2. The number of fused-ring (bicyclic) bond motifs is 6. The van der Waals surface area contributed by atoms with E-state index in [4.69, 9.17) is 40.4 Å². The summed E-state index contributed by atoms with van der Waals surface area (Å²) in [4.78, 5) is 39.5. The van der Waals surface area contributed by atoms with Crippen LogP contribution in [0.2, 0.25) is 10.0 Å². The maximum Gasteiger partial charge on any atom is 0.143 e. The molecule has 6 aliphatic rings. The lowest BCUT2D eigenvalue weighted by atomic mass is 9.80. The zero-order valence-corrected chi connectivity index (χ0v) is 57.4. The Kier molecular flexibility index (Phi) is 16.5. The number of pyridine rings is 3. The summed E-state index contributed by atoms with van der Waals surface area (Å²) in [6.07, 6.45) is 9.46. The first-order valence-electron chi connectivity index (χ1n) is 33.3. The second kappa shape index (κ2) is 24.9. The van der Waals surface area contributed by atoms with Crippen molar-refractivity contribution in [2.45, 2.75) is 132 Å². The lowest BCUT2D eigenvalue weighted by Gasteiger charge is -2.27. The van der Waals surface area contributed by atoms with E-state index in [0.717, 1.165) is 110 Å². The van der Waals surface area contributed by atoms with Crippen molar-refractivity contribution in [2.24, 2.45) is 16.2 Å². The minimum Gasteiger partial charge on any atom is -0.390 e. The van der Waals surface area contributed by atoms with E-state index in [1.807, 2.05) is 120 Å². The summed E-state index contributed by atoms with van der Waals surface area (Å²) in [5.41, 5.74) is 27.2. The lowest BCUT2D eigenvalue weighted by Crippen LogP contribution is -2.38. The second-order valence-corrected chi connectivity index (χ2v) is 30.0. The molecule has 3 saturated carbocycles. The Morgan fingerprint density at radius 2 is 0.737 bits per heavy atom. The van der Waals surface area contributed by atoms with Gasteiger partial charge in [0.25, 0.3) is 0 Å². The molecule has 3 spiro atoms. The van der Waals surface area contributed by atoms with Gasteiger partial charge in [0.1, 0.15) is 71.7 Å². The van der Waals surface area contributed by atoms with Gasteiger partial charge in [-0.15, -0.1) is 0 Å². The van der Waals surface area contributed by atoms with Crippen LogP contribution in [0.3, 0.4) is 0 Å². The first-order valence-corrected chi connectivity index (χ1v) is 34.8. The van der Waals surface area contributed by atoms with Gasteiger partial charge in [-0.25, -0.2) is 44.9 Å². The van der Waals surface area contributed by atoms with E-state index in [1.54, 1.807) is 19.0 Å². The Bertz CT molecular complexity index is 4680. The SMILES string of the molecule is Cc1ncnc2c1ccn2[C@@H]1C[C@@]2(CN[C@@H](c3ccc4cc(Cl)c(N)nc4c3)C2)[C@@H](O)[C@H]1O.Cc1ncnc2c1ccn2[C@@H]1C[C@@]2(CN[C@H](c3ccc4cc(Br)c(N)nc4c3)C2)[C@@H](O)[C@H]1O.Cc1ncnc2c1ccn2[C@@H]1C[C@@]2(CN[C@H](c3ccc4cc(Cl)c(N)nc4c3)C2)[C@@H](O)[C@H]1O. The molecule has 15 N–H and O–H groups in total. The third kappa shape index (κ3) is 11.1. The van der Waals surface area contributed by atoms with Crippen molar-refractivity contribution in [1.29, 1.82) is 0 Å². The van der Waals surface area contributed by atoms with Crippen LogP contribution in [0.15, 0.2) is 133 Å². The average molecular weight is 1440 g/mol. The largest absolute Gasteiger partial charge is 0.390 e. The normalized spacial score (nSPS) is 29.6. The predicted molar refractivity (Wildman–Crippen MR) is 383 cm³/mol. The summed E-state index contributed by atoms with van der Waals surface area (Å²) >= 11 is 15.6. The van der Waals surface area contributed by atoms with E-state index in [-0.39, 0.29) is 36.3 Å². The van der Waals surface area contributed by atoms with E-state index in [1.165, 1.54) is 0 Å². The number of aryl methyl sites for hydroxylation is 3. The molecule has 15 atom stereocenters. The summed E-state index contributed by atoms with van der Waals surface area (Å²) in [6, 6.07) is 29.3. The molecule has 12 aromatic rings. The third-order valence-electron chi connectivity index (χ3n) is 22.7. The Labute approximate surface area is 586 Å². The van der Waals surface area contributed by atoms with Crippen molar-refractivity contribution in [1.82, 2.24) is 74.5 Å². The maximum absolute atomic E-state index is 11.2. The molecule has 3 aliphatic heterocycles. The standard InChI is InChI=1S/C24H25BrN6O2.2C24H25ClN6O2/c3*1-12-15-4-5-31(23(15)29-11-28-12)19-9-24(21(33)20(19)32)8-18(27-10-24)14-3-2-13-6-16(25)22(26)30-17(13)7-14/h3*2-7,11,18-21,27,32-33H,8-10H2,1H3,(H2,26,30)/t2*18-,19+,20-,21-,24-;18-,19-,20+,21+,24+/m001/s1. The second-order valence-electron chi connectivity index (χ2n) is 28.3. The van der Waals surface area contributed by atoms with Gasteiger partial charge in [-0.1, -0.05) is 59.6 Å². The van der Waals surface area contributed by atoms with Crippen molar-refractivity contribution in [2.75, 3.05) is 36.8 Å². The first kappa shape index (κ1) is 65.5. The van der Waals surface area contributed by atoms with Crippen molar-refractivity contribution in [3.63, 3.8) is 0 Å². The smallest absolute Gasteiger partial charge is 0.143 e. The third-order valence-corrected chi connectivity index (χ3v) is 23.9.